The van der Waals surface area contributed by atoms with Gasteiger partial charge in [0.05, 0.1) is 30.2 Å². The third kappa shape index (κ3) is 4.63. The van der Waals surface area contributed by atoms with Gasteiger partial charge in [0.15, 0.2) is 0 Å². The maximum absolute atomic E-state index is 12.3. The SMILES string of the molecule is COc1ccccc1-c1cc(Nc2ccc(NC(=O)Oc3ccc4[nH]cnc4c3)cc2)ncn1. The number of hydrogen-bond acceptors (Lipinski definition) is 7. The van der Waals surface area contributed by atoms with E-state index in [2.05, 4.69) is 30.6 Å². The van der Waals surface area contributed by atoms with Gasteiger partial charge in [-0.2, -0.15) is 0 Å². The number of H-pyrrole nitrogens is 1. The predicted octanol–water partition coefficient (Wildman–Crippen LogP) is 5.38. The largest absolute Gasteiger partial charge is 0.496 e. The van der Waals surface area contributed by atoms with Crippen LogP contribution in [0.15, 0.2) is 85.5 Å². The first-order chi connectivity index (χ1) is 16.7. The highest BCUT2D eigenvalue weighted by atomic mass is 16.6. The van der Waals surface area contributed by atoms with E-state index in [-0.39, 0.29) is 0 Å². The zero-order chi connectivity index (χ0) is 23.3. The molecule has 0 radical (unpaired) electrons. The van der Waals surface area contributed by atoms with Crippen molar-refractivity contribution in [2.45, 2.75) is 0 Å². The van der Waals surface area contributed by atoms with E-state index in [1.165, 1.54) is 6.33 Å². The number of ether oxygens (including phenoxy) is 2. The molecule has 0 unspecified atom stereocenters. The number of methoxy groups -OCH3 is 1. The van der Waals surface area contributed by atoms with Gasteiger partial charge in [0.25, 0.3) is 0 Å². The number of aromatic amines is 1. The average Bonchev–Trinajstić information content (AvgIpc) is 3.33. The van der Waals surface area contributed by atoms with E-state index in [1.54, 1.807) is 43.8 Å². The summed E-state index contributed by atoms with van der Waals surface area (Å²) in [5.74, 6) is 1.77. The summed E-state index contributed by atoms with van der Waals surface area (Å²) in [7, 11) is 1.63. The van der Waals surface area contributed by atoms with Gasteiger partial charge in [0.1, 0.15) is 23.6 Å². The first-order valence-electron chi connectivity index (χ1n) is 10.4. The summed E-state index contributed by atoms with van der Waals surface area (Å²) in [6.45, 7) is 0. The van der Waals surface area contributed by atoms with Crippen molar-refractivity contribution in [2.24, 2.45) is 0 Å². The van der Waals surface area contributed by atoms with Crippen molar-refractivity contribution in [3.05, 3.63) is 85.5 Å². The second kappa shape index (κ2) is 9.29. The van der Waals surface area contributed by atoms with Crippen molar-refractivity contribution in [1.82, 2.24) is 19.9 Å². The average molecular weight is 452 g/mol. The topological polar surface area (TPSA) is 114 Å². The number of benzene rings is 3. The van der Waals surface area contributed by atoms with Crippen LogP contribution in [0.2, 0.25) is 0 Å². The van der Waals surface area contributed by atoms with Gasteiger partial charge in [-0.25, -0.2) is 19.7 Å². The number of para-hydroxylation sites is 1. The van der Waals surface area contributed by atoms with Crippen LogP contribution < -0.4 is 20.1 Å². The van der Waals surface area contributed by atoms with E-state index in [1.807, 2.05) is 42.5 Å². The van der Waals surface area contributed by atoms with Crippen LogP contribution in [0.5, 0.6) is 11.5 Å². The molecule has 0 bridgehead atoms. The number of rotatable bonds is 6. The highest BCUT2D eigenvalue weighted by molar-refractivity contribution is 5.87. The molecule has 5 aromatic rings. The molecule has 0 fully saturated rings. The molecule has 5 rings (SSSR count). The lowest BCUT2D eigenvalue weighted by molar-refractivity contribution is 0.215. The van der Waals surface area contributed by atoms with Crippen LogP contribution >= 0.6 is 0 Å². The fraction of sp³-hybridized carbons (Fsp3) is 0.0400. The Morgan fingerprint density at radius 3 is 2.59 bits per heavy atom. The molecule has 3 N–H and O–H groups in total. The Morgan fingerprint density at radius 1 is 0.912 bits per heavy atom. The highest BCUT2D eigenvalue weighted by Crippen LogP contribution is 2.29. The van der Waals surface area contributed by atoms with Crippen LogP contribution in [-0.4, -0.2) is 33.1 Å². The molecule has 2 aromatic heterocycles. The fourth-order valence-electron chi connectivity index (χ4n) is 3.44. The Bertz CT molecular complexity index is 1450. The maximum Gasteiger partial charge on any atom is 0.417 e. The molecule has 0 atom stereocenters. The van der Waals surface area contributed by atoms with E-state index >= 15 is 0 Å². The van der Waals surface area contributed by atoms with Crippen molar-refractivity contribution >= 4 is 34.3 Å². The van der Waals surface area contributed by atoms with Gasteiger partial charge in [-0.05, 0) is 48.5 Å². The highest BCUT2D eigenvalue weighted by Gasteiger charge is 2.09. The number of nitrogens with one attached hydrogen (secondary N) is 3. The summed E-state index contributed by atoms with van der Waals surface area (Å²) in [6, 6.07) is 21.9. The monoisotopic (exact) mass is 452 g/mol. The fourth-order valence-corrected chi connectivity index (χ4v) is 3.44. The molecule has 2 heterocycles. The molecule has 0 saturated heterocycles. The molecule has 168 valence electrons. The van der Waals surface area contributed by atoms with E-state index in [9.17, 15) is 4.79 Å². The van der Waals surface area contributed by atoms with E-state index in [0.717, 1.165) is 33.7 Å². The predicted molar refractivity (Wildman–Crippen MR) is 129 cm³/mol. The number of fused-ring (bicyclic) bond motifs is 1. The standard InChI is InChI=1S/C25H20N6O3/c1-33-23-5-3-2-4-19(23)21-13-24(29-15-27-21)30-16-6-8-17(9-7-16)31-25(32)34-18-10-11-20-22(12-18)28-14-26-20/h2-15H,1H3,(H,26,28)(H,31,32)(H,27,29,30). The van der Waals surface area contributed by atoms with E-state index in [0.29, 0.717) is 17.3 Å². The van der Waals surface area contributed by atoms with Crippen molar-refractivity contribution in [3.63, 3.8) is 0 Å². The van der Waals surface area contributed by atoms with E-state index < -0.39 is 6.09 Å². The minimum absolute atomic E-state index is 0.407. The molecule has 3 aromatic carbocycles. The van der Waals surface area contributed by atoms with Gasteiger partial charge in [-0.3, -0.25) is 5.32 Å². The minimum Gasteiger partial charge on any atom is -0.496 e. The number of nitrogens with zero attached hydrogens (tertiary/aromatic N) is 3. The Kier molecular flexibility index (Phi) is 5.73. The van der Waals surface area contributed by atoms with Gasteiger partial charge >= 0.3 is 6.09 Å². The molecule has 0 aliphatic heterocycles. The second-order valence-corrected chi connectivity index (χ2v) is 7.29. The van der Waals surface area contributed by atoms with Crippen LogP contribution in [0.25, 0.3) is 22.3 Å². The molecule has 9 nitrogen and oxygen atoms in total. The lowest BCUT2D eigenvalue weighted by Gasteiger charge is -2.10. The van der Waals surface area contributed by atoms with Gasteiger partial charge in [-0.15, -0.1) is 0 Å². The normalized spacial score (nSPS) is 10.6. The first-order valence-corrected chi connectivity index (χ1v) is 10.4. The molecular weight excluding hydrogens is 432 g/mol. The Labute approximate surface area is 194 Å². The lowest BCUT2D eigenvalue weighted by atomic mass is 10.1. The van der Waals surface area contributed by atoms with Gasteiger partial charge < -0.3 is 19.8 Å². The molecule has 0 saturated carbocycles. The van der Waals surface area contributed by atoms with Crippen molar-refractivity contribution in [3.8, 4) is 22.8 Å². The Morgan fingerprint density at radius 2 is 1.74 bits per heavy atom. The third-order valence-corrected chi connectivity index (χ3v) is 5.06. The number of anilines is 3. The Balaban J connectivity index is 1.23. The minimum atomic E-state index is -0.590. The molecule has 0 spiro atoms. The van der Waals surface area contributed by atoms with Crippen molar-refractivity contribution in [1.29, 1.82) is 0 Å². The molecule has 9 heteroatoms. The number of carbonyl (C=O) groups excluding carboxylic acids is 1. The van der Waals surface area contributed by atoms with Crippen LogP contribution in [0.4, 0.5) is 22.0 Å². The molecule has 0 aliphatic carbocycles. The maximum atomic E-state index is 12.3. The zero-order valence-electron chi connectivity index (χ0n) is 18.1. The molecule has 34 heavy (non-hydrogen) atoms. The number of hydrogen-bond donors (Lipinski definition) is 3. The van der Waals surface area contributed by atoms with Crippen molar-refractivity contribution < 1.29 is 14.3 Å². The van der Waals surface area contributed by atoms with Gasteiger partial charge in [0, 0.05) is 29.1 Å². The summed E-state index contributed by atoms with van der Waals surface area (Å²) in [5, 5.41) is 5.95. The van der Waals surface area contributed by atoms with Crippen LogP contribution in [0, 0.1) is 0 Å². The van der Waals surface area contributed by atoms with Gasteiger partial charge in [-0.1, -0.05) is 12.1 Å². The van der Waals surface area contributed by atoms with Crippen molar-refractivity contribution in [2.75, 3.05) is 17.7 Å². The number of amides is 1. The van der Waals surface area contributed by atoms with Crippen LogP contribution in [0.1, 0.15) is 0 Å². The summed E-state index contributed by atoms with van der Waals surface area (Å²) < 4.78 is 10.8. The number of imidazole rings is 1. The first kappa shape index (κ1) is 21.0. The summed E-state index contributed by atoms with van der Waals surface area (Å²) in [5.41, 5.74) is 4.60. The van der Waals surface area contributed by atoms with Gasteiger partial charge in [0.2, 0.25) is 0 Å². The van der Waals surface area contributed by atoms with E-state index in [4.69, 9.17) is 9.47 Å². The Hall–Kier alpha value is -4.92. The second-order valence-electron chi connectivity index (χ2n) is 7.29. The lowest BCUT2D eigenvalue weighted by Crippen LogP contribution is -2.16. The summed E-state index contributed by atoms with van der Waals surface area (Å²) in [4.78, 5) is 28.0. The third-order valence-electron chi connectivity index (χ3n) is 5.06. The smallest absolute Gasteiger partial charge is 0.417 e. The number of aromatic nitrogens is 4. The molecule has 1 amide bonds. The summed E-state index contributed by atoms with van der Waals surface area (Å²) in [6.07, 6.45) is 2.49. The zero-order valence-corrected chi connectivity index (χ0v) is 18.1. The van der Waals surface area contributed by atoms with Crippen LogP contribution in [0.3, 0.4) is 0 Å². The molecular formula is C25H20N6O3. The number of carbonyl (C=O) groups is 1. The quantitative estimate of drug-likeness (QED) is 0.317. The summed E-state index contributed by atoms with van der Waals surface area (Å²) >= 11 is 0. The molecule has 0 aliphatic rings. The van der Waals surface area contributed by atoms with Crippen LogP contribution in [-0.2, 0) is 0 Å².